The van der Waals surface area contributed by atoms with Crippen LogP contribution in [0.3, 0.4) is 0 Å². The van der Waals surface area contributed by atoms with E-state index in [0.717, 1.165) is 33.2 Å². The lowest BCUT2D eigenvalue weighted by Gasteiger charge is -2.18. The molecule has 0 unspecified atom stereocenters. The molecule has 5 aromatic rings. The Morgan fingerprint density at radius 1 is 1.08 bits per heavy atom. The Kier molecular flexibility index (Phi) is 6.90. The van der Waals surface area contributed by atoms with Crippen molar-refractivity contribution in [2.45, 2.75) is 12.5 Å². The summed E-state index contributed by atoms with van der Waals surface area (Å²) in [5, 5.41) is 18.0. The fourth-order valence-corrected chi connectivity index (χ4v) is 4.75. The highest BCUT2D eigenvalue weighted by atomic mass is 35.5. The van der Waals surface area contributed by atoms with Crippen molar-refractivity contribution in [3.63, 3.8) is 0 Å². The Labute approximate surface area is 218 Å². The molecular weight excluding hydrogens is 488 g/mol. The summed E-state index contributed by atoms with van der Waals surface area (Å²) in [6.07, 6.45) is 6.07. The van der Waals surface area contributed by atoms with E-state index in [4.69, 9.17) is 16.7 Å². The van der Waals surface area contributed by atoms with E-state index in [1.54, 1.807) is 16.9 Å². The minimum absolute atomic E-state index is 0.0427. The van der Waals surface area contributed by atoms with E-state index >= 15 is 0 Å². The number of carbonyl (C=O) groups is 2. The molecule has 0 saturated heterocycles. The first-order chi connectivity index (χ1) is 17.9. The van der Waals surface area contributed by atoms with Crippen LogP contribution in [0, 0.1) is 0 Å². The second kappa shape index (κ2) is 10.4. The molecule has 0 fully saturated rings. The zero-order valence-corrected chi connectivity index (χ0v) is 20.9. The first kappa shape index (κ1) is 24.5. The molecule has 2 heterocycles. The first-order valence-electron chi connectivity index (χ1n) is 11.8. The van der Waals surface area contributed by atoms with Gasteiger partial charge >= 0.3 is 5.97 Å². The van der Waals surface area contributed by atoms with Crippen LogP contribution >= 0.6 is 11.6 Å². The van der Waals surface area contributed by atoms with Gasteiger partial charge in [-0.2, -0.15) is 5.10 Å². The van der Waals surface area contributed by atoms with Gasteiger partial charge in [-0.15, -0.1) is 0 Å². The number of aromatic amines is 1. The van der Waals surface area contributed by atoms with Gasteiger partial charge < -0.3 is 15.4 Å². The van der Waals surface area contributed by atoms with Crippen LogP contribution in [0.15, 0.2) is 85.3 Å². The third-order valence-corrected chi connectivity index (χ3v) is 6.78. The molecule has 0 radical (unpaired) electrons. The van der Waals surface area contributed by atoms with Gasteiger partial charge in [0.05, 0.1) is 17.8 Å². The van der Waals surface area contributed by atoms with E-state index in [0.29, 0.717) is 23.6 Å². The Bertz CT molecular complexity index is 1590. The molecule has 7 nitrogen and oxygen atoms in total. The largest absolute Gasteiger partial charge is 0.478 e. The molecule has 0 bridgehead atoms. The average molecular weight is 513 g/mol. The fourth-order valence-electron chi connectivity index (χ4n) is 4.48. The summed E-state index contributed by atoms with van der Waals surface area (Å²) in [6.45, 7) is 0.477. The van der Waals surface area contributed by atoms with Gasteiger partial charge in [-0.05, 0) is 41.3 Å². The van der Waals surface area contributed by atoms with Gasteiger partial charge in [0.15, 0.2) is 5.78 Å². The maximum absolute atomic E-state index is 13.8. The monoisotopic (exact) mass is 512 g/mol. The van der Waals surface area contributed by atoms with Gasteiger partial charge in [0.1, 0.15) is 0 Å². The molecule has 0 spiro atoms. The molecule has 0 amide bonds. The normalized spacial score (nSPS) is 12.1. The number of aromatic nitrogens is 3. The number of hydrogen-bond donors (Lipinski definition) is 3. The minimum Gasteiger partial charge on any atom is -0.478 e. The molecule has 0 aliphatic carbocycles. The maximum Gasteiger partial charge on any atom is 0.335 e. The highest BCUT2D eigenvalue weighted by Gasteiger charge is 2.24. The highest BCUT2D eigenvalue weighted by molar-refractivity contribution is 6.31. The van der Waals surface area contributed by atoms with E-state index in [1.807, 2.05) is 68.0 Å². The number of nitrogens with zero attached hydrogens (tertiary/aromatic N) is 2. The van der Waals surface area contributed by atoms with Crippen LogP contribution in [0.4, 0.5) is 0 Å². The maximum atomic E-state index is 13.8. The molecule has 3 N–H and O–H groups in total. The first-order valence-corrected chi connectivity index (χ1v) is 12.2. The summed E-state index contributed by atoms with van der Waals surface area (Å²) in [7, 11) is 1.88. The Morgan fingerprint density at radius 2 is 1.89 bits per heavy atom. The SMILES string of the molecule is Cn1cc(-c2ccc3c(C(=O)[C@H](NCCc4ccc(C(=O)O)cc4Cl)c4ccccc4)c[nH]c3c2)cn1. The third kappa shape index (κ3) is 5.18. The lowest BCUT2D eigenvalue weighted by Crippen LogP contribution is -2.30. The van der Waals surface area contributed by atoms with Crippen LogP contribution in [0.1, 0.15) is 37.9 Å². The molecule has 3 aromatic carbocycles. The highest BCUT2D eigenvalue weighted by Crippen LogP contribution is 2.29. The van der Waals surface area contributed by atoms with E-state index in [2.05, 4.69) is 15.4 Å². The summed E-state index contributed by atoms with van der Waals surface area (Å²) >= 11 is 6.31. The number of halogens is 1. The van der Waals surface area contributed by atoms with Crippen LogP contribution in [0.2, 0.25) is 5.02 Å². The minimum atomic E-state index is -1.02. The second-order valence-electron chi connectivity index (χ2n) is 8.89. The molecule has 2 aromatic heterocycles. The summed E-state index contributed by atoms with van der Waals surface area (Å²) in [5.41, 5.74) is 5.33. The number of benzene rings is 3. The number of H-pyrrole nitrogens is 1. The van der Waals surface area contributed by atoms with Crippen LogP contribution in [0.5, 0.6) is 0 Å². The van der Waals surface area contributed by atoms with E-state index in [1.165, 1.54) is 12.1 Å². The van der Waals surface area contributed by atoms with Crippen molar-refractivity contribution in [3.05, 3.63) is 113 Å². The van der Waals surface area contributed by atoms with Gasteiger partial charge in [0.25, 0.3) is 0 Å². The van der Waals surface area contributed by atoms with Crippen LogP contribution in [-0.2, 0) is 13.5 Å². The Morgan fingerprint density at radius 3 is 2.59 bits per heavy atom. The second-order valence-corrected chi connectivity index (χ2v) is 9.30. The van der Waals surface area contributed by atoms with Crippen molar-refractivity contribution in [1.82, 2.24) is 20.1 Å². The lowest BCUT2D eigenvalue weighted by atomic mass is 9.96. The number of carboxylic acids is 1. The van der Waals surface area contributed by atoms with Crippen LogP contribution in [0.25, 0.3) is 22.0 Å². The van der Waals surface area contributed by atoms with Crippen molar-refractivity contribution < 1.29 is 14.7 Å². The molecule has 8 heteroatoms. The number of aromatic carboxylic acids is 1. The summed E-state index contributed by atoms with van der Waals surface area (Å²) in [6, 6.07) is 19.7. The van der Waals surface area contributed by atoms with Crippen molar-refractivity contribution in [1.29, 1.82) is 0 Å². The molecular formula is C29H25ClN4O3. The van der Waals surface area contributed by atoms with Gasteiger partial charge in [-0.3, -0.25) is 9.48 Å². The molecule has 0 aliphatic heterocycles. The fraction of sp³-hybridized carbons (Fsp3) is 0.138. The molecule has 5 rings (SSSR count). The zero-order valence-electron chi connectivity index (χ0n) is 20.1. The van der Waals surface area contributed by atoms with Crippen molar-refractivity contribution >= 4 is 34.3 Å². The number of aryl methyl sites for hydroxylation is 1. The molecule has 37 heavy (non-hydrogen) atoms. The molecule has 186 valence electrons. The van der Waals surface area contributed by atoms with Gasteiger partial charge in [0.2, 0.25) is 0 Å². The van der Waals surface area contributed by atoms with Crippen molar-refractivity contribution in [3.8, 4) is 11.1 Å². The summed E-state index contributed by atoms with van der Waals surface area (Å²) < 4.78 is 1.76. The summed E-state index contributed by atoms with van der Waals surface area (Å²) in [4.78, 5) is 28.3. The Balaban J connectivity index is 1.39. The predicted octanol–water partition coefficient (Wildman–Crippen LogP) is 5.68. The van der Waals surface area contributed by atoms with Gasteiger partial charge in [-0.25, -0.2) is 4.79 Å². The molecule has 1 atom stereocenters. The van der Waals surface area contributed by atoms with Gasteiger partial charge in [0, 0.05) is 53.0 Å². The number of Topliss-reactive ketones (excluding diaryl/α,β-unsaturated/α-hetero) is 1. The average Bonchev–Trinajstić information content (AvgIpc) is 3.53. The van der Waals surface area contributed by atoms with Crippen LogP contribution < -0.4 is 5.32 Å². The number of fused-ring (bicyclic) bond motifs is 1. The lowest BCUT2D eigenvalue weighted by molar-refractivity contribution is 0.0696. The molecule has 0 saturated carbocycles. The number of carbonyl (C=O) groups excluding carboxylic acids is 1. The predicted molar refractivity (Wildman–Crippen MR) is 144 cm³/mol. The van der Waals surface area contributed by atoms with Crippen molar-refractivity contribution in [2.75, 3.05) is 6.54 Å². The number of nitrogens with one attached hydrogen (secondary N) is 2. The smallest absolute Gasteiger partial charge is 0.335 e. The number of hydrogen-bond acceptors (Lipinski definition) is 4. The van der Waals surface area contributed by atoms with E-state index < -0.39 is 12.0 Å². The quantitative estimate of drug-likeness (QED) is 0.221. The molecule has 0 aliphatic rings. The summed E-state index contributed by atoms with van der Waals surface area (Å²) in [5.74, 6) is -1.06. The van der Waals surface area contributed by atoms with Gasteiger partial charge in [-0.1, -0.05) is 60.1 Å². The number of rotatable bonds is 9. The van der Waals surface area contributed by atoms with Crippen molar-refractivity contribution in [2.24, 2.45) is 7.05 Å². The number of ketones is 1. The number of carboxylic acid groups (broad SMARTS) is 1. The zero-order chi connectivity index (χ0) is 25.9. The topological polar surface area (TPSA) is 100 Å². The van der Waals surface area contributed by atoms with E-state index in [9.17, 15) is 9.59 Å². The van der Waals surface area contributed by atoms with E-state index in [-0.39, 0.29) is 11.3 Å². The standard InChI is InChI=1S/C29H25ClN4O3/c1-34-17-22(15-33-34)20-9-10-23-24(16-32-26(23)14-20)28(35)27(19-5-3-2-4-6-19)31-12-11-18-7-8-21(29(36)37)13-25(18)30/h2-10,13-17,27,31-32H,11-12H2,1H3,(H,36,37)/t27-/m1/s1. The van der Waals surface area contributed by atoms with Crippen LogP contribution in [-0.4, -0.2) is 38.2 Å². The third-order valence-electron chi connectivity index (χ3n) is 6.42. The Hall–Kier alpha value is -4.20.